The van der Waals surface area contributed by atoms with Gasteiger partial charge in [-0.3, -0.25) is 9.59 Å². The van der Waals surface area contributed by atoms with Crippen molar-refractivity contribution in [1.29, 1.82) is 0 Å². The second kappa shape index (κ2) is 10.5. The third-order valence-corrected chi connectivity index (χ3v) is 5.46. The van der Waals surface area contributed by atoms with Crippen LogP contribution in [0.2, 0.25) is 10.0 Å². The van der Waals surface area contributed by atoms with E-state index in [2.05, 4.69) is 10.6 Å². The molecule has 0 spiro atoms. The molecule has 0 aromatic heterocycles. The van der Waals surface area contributed by atoms with Crippen LogP contribution < -0.4 is 25.0 Å². The maximum Gasteiger partial charge on any atom is 0.333 e. The highest BCUT2D eigenvalue weighted by Gasteiger charge is 2.34. The van der Waals surface area contributed by atoms with Crippen LogP contribution in [0, 0.1) is 0 Å². The van der Waals surface area contributed by atoms with Crippen LogP contribution in [-0.2, 0) is 9.59 Å². The second-order valence-corrected chi connectivity index (χ2v) is 8.19. The Morgan fingerprint density at radius 3 is 2.46 bits per heavy atom. The highest BCUT2D eigenvalue weighted by molar-refractivity contribution is 6.33. The number of benzene rings is 3. The van der Waals surface area contributed by atoms with Crippen LogP contribution in [-0.4, -0.2) is 31.6 Å². The lowest BCUT2D eigenvalue weighted by Crippen LogP contribution is -2.30. The molecule has 1 fully saturated rings. The molecule has 0 unspecified atom stereocenters. The van der Waals surface area contributed by atoms with Crippen LogP contribution in [0.4, 0.5) is 16.2 Å². The summed E-state index contributed by atoms with van der Waals surface area (Å²) >= 11 is 12.3. The monoisotopic (exact) mass is 511 g/mol. The largest absolute Gasteiger partial charge is 0.493 e. The van der Waals surface area contributed by atoms with E-state index in [4.69, 9.17) is 32.7 Å². The Hall–Kier alpha value is -4.01. The first kappa shape index (κ1) is 24.1. The highest BCUT2D eigenvalue weighted by Crippen LogP contribution is 2.37. The highest BCUT2D eigenvalue weighted by atomic mass is 35.5. The minimum absolute atomic E-state index is 0.0546. The average Bonchev–Trinajstić information content (AvgIpc) is 3.11. The van der Waals surface area contributed by atoms with E-state index in [1.807, 2.05) is 6.07 Å². The van der Waals surface area contributed by atoms with E-state index in [0.29, 0.717) is 22.0 Å². The van der Waals surface area contributed by atoms with Crippen molar-refractivity contribution in [3.05, 3.63) is 88.0 Å². The Balaban J connectivity index is 1.50. The van der Waals surface area contributed by atoms with Crippen LogP contribution in [0.25, 0.3) is 6.08 Å². The third-order valence-electron chi connectivity index (χ3n) is 4.93. The molecule has 1 saturated heterocycles. The zero-order valence-electron chi connectivity index (χ0n) is 18.4. The topological polar surface area (TPSA) is 97.0 Å². The van der Waals surface area contributed by atoms with Crippen LogP contribution in [0.15, 0.2) is 72.4 Å². The predicted molar refractivity (Wildman–Crippen MR) is 134 cm³/mol. The summed E-state index contributed by atoms with van der Waals surface area (Å²) in [5, 5.41) is 5.91. The molecule has 0 radical (unpaired) electrons. The van der Waals surface area contributed by atoms with Gasteiger partial charge < -0.3 is 20.1 Å². The van der Waals surface area contributed by atoms with Crippen LogP contribution in [0.5, 0.6) is 11.5 Å². The van der Waals surface area contributed by atoms with Crippen molar-refractivity contribution >= 4 is 58.5 Å². The number of methoxy groups -OCH3 is 1. The van der Waals surface area contributed by atoms with Crippen molar-refractivity contribution < 1.29 is 23.9 Å². The summed E-state index contributed by atoms with van der Waals surface area (Å²) in [6.07, 6.45) is 1.47. The van der Waals surface area contributed by atoms with Crippen molar-refractivity contribution in [3.8, 4) is 11.5 Å². The third kappa shape index (κ3) is 5.56. The minimum atomic E-state index is -0.592. The summed E-state index contributed by atoms with van der Waals surface area (Å²) in [5.41, 5.74) is 1.55. The van der Waals surface area contributed by atoms with Gasteiger partial charge in [0.25, 0.3) is 11.8 Å². The minimum Gasteiger partial charge on any atom is -0.493 e. The fourth-order valence-corrected chi connectivity index (χ4v) is 3.75. The molecule has 0 bridgehead atoms. The molecule has 1 aliphatic rings. The smallest absolute Gasteiger partial charge is 0.333 e. The van der Waals surface area contributed by atoms with Gasteiger partial charge >= 0.3 is 6.03 Å². The molecule has 10 heteroatoms. The number of anilines is 2. The molecule has 3 aromatic carbocycles. The molecular weight excluding hydrogens is 493 g/mol. The van der Waals surface area contributed by atoms with Gasteiger partial charge in [0.15, 0.2) is 18.1 Å². The number of hydrogen-bond donors (Lipinski definition) is 2. The molecule has 178 valence electrons. The molecule has 3 aromatic rings. The number of nitrogens with one attached hydrogen (secondary N) is 2. The summed E-state index contributed by atoms with van der Waals surface area (Å²) in [5.74, 6) is -0.486. The molecule has 1 aliphatic heterocycles. The van der Waals surface area contributed by atoms with Gasteiger partial charge in [0.05, 0.1) is 17.8 Å². The number of para-hydroxylation sites is 1. The standard InChI is InChI=1S/C25H19Cl2N3O5/c1-34-21-13-15(11-19(27)23(21)35-14-22(31)28-17-5-3-2-4-6-17)12-20-24(32)30(25(33)29-20)18-9-7-16(26)8-10-18/h2-13H,14H2,1H3,(H,28,31)(H,29,33)/b20-12+. The quantitative estimate of drug-likeness (QED) is 0.339. The number of amides is 4. The Morgan fingerprint density at radius 1 is 1.06 bits per heavy atom. The maximum absolute atomic E-state index is 12.8. The Labute approximate surface area is 211 Å². The molecule has 1 heterocycles. The van der Waals surface area contributed by atoms with Gasteiger partial charge in [-0.1, -0.05) is 41.4 Å². The summed E-state index contributed by atoms with van der Waals surface area (Å²) in [6.45, 7) is -0.296. The van der Waals surface area contributed by atoms with Crippen molar-refractivity contribution in [3.63, 3.8) is 0 Å². The first-order chi connectivity index (χ1) is 16.9. The Kier molecular flexibility index (Phi) is 7.24. The molecule has 4 rings (SSSR count). The number of carbonyl (C=O) groups is 3. The first-order valence-corrected chi connectivity index (χ1v) is 11.1. The van der Waals surface area contributed by atoms with Gasteiger partial charge in [-0.05, 0) is 60.2 Å². The normalized spacial score (nSPS) is 14.1. The molecule has 8 nitrogen and oxygen atoms in total. The number of halogens is 2. The summed E-state index contributed by atoms with van der Waals surface area (Å²) in [4.78, 5) is 38.5. The van der Waals surface area contributed by atoms with Crippen LogP contribution in [0.1, 0.15) is 5.56 Å². The van der Waals surface area contributed by atoms with Gasteiger partial charge in [-0.25, -0.2) is 9.69 Å². The lowest BCUT2D eigenvalue weighted by molar-refractivity contribution is -0.118. The van der Waals surface area contributed by atoms with Gasteiger partial charge in [-0.2, -0.15) is 0 Å². The van der Waals surface area contributed by atoms with Crippen molar-refractivity contribution in [2.75, 3.05) is 23.9 Å². The summed E-state index contributed by atoms with van der Waals surface area (Å²) < 4.78 is 11.0. The van der Waals surface area contributed by atoms with E-state index in [0.717, 1.165) is 4.90 Å². The van der Waals surface area contributed by atoms with Gasteiger partial charge in [0, 0.05) is 10.7 Å². The van der Waals surface area contributed by atoms with Gasteiger partial charge in [0.1, 0.15) is 5.70 Å². The number of rotatable bonds is 7. The van der Waals surface area contributed by atoms with E-state index in [1.165, 1.54) is 19.3 Å². The summed E-state index contributed by atoms with van der Waals surface area (Å²) in [7, 11) is 1.42. The van der Waals surface area contributed by atoms with E-state index >= 15 is 0 Å². The van der Waals surface area contributed by atoms with E-state index in [9.17, 15) is 14.4 Å². The molecule has 0 saturated carbocycles. The van der Waals surface area contributed by atoms with E-state index < -0.39 is 11.9 Å². The molecule has 35 heavy (non-hydrogen) atoms. The van der Waals surface area contributed by atoms with E-state index in [-0.39, 0.29) is 34.7 Å². The SMILES string of the molecule is COc1cc(/C=C2/NC(=O)N(c3ccc(Cl)cc3)C2=O)cc(Cl)c1OCC(=O)Nc1ccccc1. The lowest BCUT2D eigenvalue weighted by atomic mass is 10.1. The molecule has 0 aliphatic carbocycles. The van der Waals surface area contributed by atoms with Crippen molar-refractivity contribution in [2.45, 2.75) is 0 Å². The van der Waals surface area contributed by atoms with Gasteiger partial charge in [0.2, 0.25) is 0 Å². The summed E-state index contributed by atoms with van der Waals surface area (Å²) in [6, 6.07) is 17.8. The fraction of sp³-hybridized carbons (Fsp3) is 0.0800. The zero-order chi connectivity index (χ0) is 24.9. The number of hydrogen-bond acceptors (Lipinski definition) is 5. The van der Waals surface area contributed by atoms with E-state index in [1.54, 1.807) is 54.6 Å². The Bertz CT molecular complexity index is 1310. The zero-order valence-corrected chi connectivity index (χ0v) is 19.9. The number of ether oxygens (including phenoxy) is 2. The second-order valence-electron chi connectivity index (χ2n) is 7.34. The number of nitrogens with zero attached hydrogens (tertiary/aromatic N) is 1. The number of carbonyl (C=O) groups excluding carboxylic acids is 3. The fourth-order valence-electron chi connectivity index (χ4n) is 3.35. The van der Waals surface area contributed by atoms with Crippen LogP contribution in [0.3, 0.4) is 0 Å². The van der Waals surface area contributed by atoms with Crippen molar-refractivity contribution in [1.82, 2.24) is 5.32 Å². The number of imide groups is 1. The maximum atomic E-state index is 12.8. The number of urea groups is 1. The molecule has 2 N–H and O–H groups in total. The molecule has 4 amide bonds. The molecular formula is C25H19Cl2N3O5. The lowest BCUT2D eigenvalue weighted by Gasteiger charge is -2.13. The van der Waals surface area contributed by atoms with Crippen LogP contribution >= 0.6 is 23.2 Å². The predicted octanol–water partition coefficient (Wildman–Crippen LogP) is 5.12. The van der Waals surface area contributed by atoms with Gasteiger partial charge in [-0.15, -0.1) is 0 Å². The Morgan fingerprint density at radius 2 is 1.77 bits per heavy atom. The average molecular weight is 512 g/mol. The van der Waals surface area contributed by atoms with Crippen molar-refractivity contribution in [2.24, 2.45) is 0 Å². The molecule has 0 atom stereocenters. The first-order valence-electron chi connectivity index (χ1n) is 10.3.